The summed E-state index contributed by atoms with van der Waals surface area (Å²) in [5.74, 6) is 0. The molecule has 1 aromatic carbocycles. The zero-order valence-corrected chi connectivity index (χ0v) is 8.47. The zero-order valence-electron chi connectivity index (χ0n) is 8.47. The lowest BCUT2D eigenvalue weighted by Crippen LogP contribution is -2.34. The Morgan fingerprint density at radius 1 is 1.20 bits per heavy atom. The Labute approximate surface area is 89.5 Å². The Bertz CT molecular complexity index is 422. The highest BCUT2D eigenvalue weighted by atomic mass is 16.5. The Balaban J connectivity index is 1.90. The molecule has 0 amide bonds. The van der Waals surface area contributed by atoms with Gasteiger partial charge in [-0.3, -0.25) is 0 Å². The van der Waals surface area contributed by atoms with E-state index in [1.807, 2.05) is 12.2 Å². The summed E-state index contributed by atoms with van der Waals surface area (Å²) in [5.41, 5.74) is 2.73. The molecule has 2 heterocycles. The molecule has 76 valence electrons. The molecule has 2 nitrogen and oxygen atoms in total. The van der Waals surface area contributed by atoms with Crippen LogP contribution in [-0.4, -0.2) is 12.8 Å². The first kappa shape index (κ1) is 8.60. The number of para-hydroxylation sites is 1. The molecule has 1 aromatic rings. The average molecular weight is 199 g/mol. The Hall–Kier alpha value is -1.70. The zero-order chi connectivity index (χ0) is 10.1. The van der Waals surface area contributed by atoms with Gasteiger partial charge in [0.15, 0.2) is 6.23 Å². The monoisotopic (exact) mass is 199 g/mol. The number of hydrogen-bond acceptors (Lipinski definition) is 2. The summed E-state index contributed by atoms with van der Waals surface area (Å²) in [7, 11) is 0. The molecular weight excluding hydrogens is 186 g/mol. The van der Waals surface area contributed by atoms with Gasteiger partial charge >= 0.3 is 0 Å². The van der Waals surface area contributed by atoms with Crippen molar-refractivity contribution >= 4 is 5.69 Å². The van der Waals surface area contributed by atoms with Crippen LogP contribution in [0.5, 0.6) is 0 Å². The van der Waals surface area contributed by atoms with E-state index in [9.17, 15) is 0 Å². The highest BCUT2D eigenvalue weighted by Gasteiger charge is 2.24. The molecule has 0 saturated heterocycles. The van der Waals surface area contributed by atoms with Gasteiger partial charge in [0.05, 0.1) is 6.26 Å². The van der Waals surface area contributed by atoms with Crippen LogP contribution in [0.2, 0.25) is 0 Å². The number of rotatable bonds is 1. The van der Waals surface area contributed by atoms with E-state index in [0.717, 1.165) is 13.0 Å². The van der Waals surface area contributed by atoms with E-state index in [2.05, 4.69) is 35.2 Å². The number of anilines is 1. The molecule has 15 heavy (non-hydrogen) atoms. The van der Waals surface area contributed by atoms with Gasteiger partial charge in [0.25, 0.3) is 0 Å². The van der Waals surface area contributed by atoms with Gasteiger partial charge in [0.2, 0.25) is 0 Å². The third-order valence-electron chi connectivity index (χ3n) is 2.91. The number of allylic oxidation sites excluding steroid dienone is 2. The van der Waals surface area contributed by atoms with E-state index in [-0.39, 0.29) is 6.23 Å². The number of nitrogens with zero attached hydrogens (tertiary/aromatic N) is 1. The number of ether oxygens (including phenoxy) is 1. The molecule has 0 spiro atoms. The van der Waals surface area contributed by atoms with Crippen molar-refractivity contribution in [2.24, 2.45) is 0 Å². The van der Waals surface area contributed by atoms with Gasteiger partial charge in [-0.1, -0.05) is 24.3 Å². The largest absolute Gasteiger partial charge is 0.475 e. The van der Waals surface area contributed by atoms with Gasteiger partial charge in [-0.05, 0) is 30.2 Å². The number of hydrogen-bond donors (Lipinski definition) is 0. The average Bonchev–Trinajstić information content (AvgIpc) is 2.74. The molecule has 0 aliphatic carbocycles. The molecule has 2 heteroatoms. The summed E-state index contributed by atoms with van der Waals surface area (Å²) in [5, 5.41) is 0. The first-order valence-corrected chi connectivity index (χ1v) is 5.28. The van der Waals surface area contributed by atoms with Crippen LogP contribution in [0.1, 0.15) is 5.56 Å². The SMILES string of the molecule is C1=COC(N2CCc3ccccc32)C=C1. The summed E-state index contributed by atoms with van der Waals surface area (Å²) in [6.07, 6.45) is 8.98. The minimum atomic E-state index is 0.0682. The van der Waals surface area contributed by atoms with Crippen molar-refractivity contribution in [1.82, 2.24) is 0 Å². The van der Waals surface area contributed by atoms with Crippen molar-refractivity contribution < 1.29 is 4.74 Å². The van der Waals surface area contributed by atoms with Crippen LogP contribution in [0, 0.1) is 0 Å². The van der Waals surface area contributed by atoms with Gasteiger partial charge in [0.1, 0.15) is 0 Å². The van der Waals surface area contributed by atoms with Crippen LogP contribution in [0.4, 0.5) is 5.69 Å². The normalized spacial score (nSPS) is 22.7. The second kappa shape index (κ2) is 3.46. The fourth-order valence-corrected chi connectivity index (χ4v) is 2.18. The predicted octanol–water partition coefficient (Wildman–Crippen LogP) is 2.48. The Kier molecular flexibility index (Phi) is 1.98. The van der Waals surface area contributed by atoms with Crippen molar-refractivity contribution in [3.8, 4) is 0 Å². The van der Waals surface area contributed by atoms with Crippen LogP contribution < -0.4 is 4.90 Å². The van der Waals surface area contributed by atoms with Gasteiger partial charge in [0, 0.05) is 12.2 Å². The maximum atomic E-state index is 5.58. The quantitative estimate of drug-likeness (QED) is 0.689. The van der Waals surface area contributed by atoms with Crippen molar-refractivity contribution in [3.63, 3.8) is 0 Å². The van der Waals surface area contributed by atoms with E-state index in [4.69, 9.17) is 4.74 Å². The minimum absolute atomic E-state index is 0.0682. The maximum Gasteiger partial charge on any atom is 0.191 e. The van der Waals surface area contributed by atoms with E-state index < -0.39 is 0 Å². The number of fused-ring (bicyclic) bond motifs is 1. The minimum Gasteiger partial charge on any atom is -0.475 e. The molecule has 0 aromatic heterocycles. The predicted molar refractivity (Wildman–Crippen MR) is 60.6 cm³/mol. The Morgan fingerprint density at radius 2 is 2.13 bits per heavy atom. The van der Waals surface area contributed by atoms with Gasteiger partial charge < -0.3 is 9.64 Å². The summed E-state index contributed by atoms with van der Waals surface area (Å²) in [6.45, 7) is 1.04. The van der Waals surface area contributed by atoms with Gasteiger partial charge in [-0.25, -0.2) is 0 Å². The van der Waals surface area contributed by atoms with Crippen LogP contribution in [-0.2, 0) is 11.2 Å². The molecule has 0 bridgehead atoms. The van der Waals surface area contributed by atoms with E-state index in [0.29, 0.717) is 0 Å². The fraction of sp³-hybridized carbons (Fsp3) is 0.231. The maximum absolute atomic E-state index is 5.58. The molecule has 0 N–H and O–H groups in total. The molecule has 1 unspecified atom stereocenters. The Morgan fingerprint density at radius 3 is 3.00 bits per heavy atom. The molecule has 2 aliphatic rings. The van der Waals surface area contributed by atoms with Crippen LogP contribution in [0.15, 0.2) is 48.8 Å². The van der Waals surface area contributed by atoms with Crippen molar-refractivity contribution in [2.75, 3.05) is 11.4 Å². The van der Waals surface area contributed by atoms with Crippen LogP contribution in [0.25, 0.3) is 0 Å². The summed E-state index contributed by atoms with van der Waals surface area (Å²) in [4.78, 5) is 2.30. The van der Waals surface area contributed by atoms with E-state index in [1.165, 1.54) is 11.3 Å². The second-order valence-corrected chi connectivity index (χ2v) is 3.81. The third-order valence-corrected chi connectivity index (χ3v) is 2.91. The van der Waals surface area contributed by atoms with Crippen molar-refractivity contribution in [3.05, 3.63) is 54.3 Å². The summed E-state index contributed by atoms with van der Waals surface area (Å²) >= 11 is 0. The molecule has 2 aliphatic heterocycles. The second-order valence-electron chi connectivity index (χ2n) is 3.81. The smallest absolute Gasteiger partial charge is 0.191 e. The molecular formula is C13H13NO. The fourth-order valence-electron chi connectivity index (χ4n) is 2.18. The van der Waals surface area contributed by atoms with Crippen LogP contribution in [0.3, 0.4) is 0 Å². The topological polar surface area (TPSA) is 12.5 Å². The lowest BCUT2D eigenvalue weighted by atomic mass is 10.2. The van der Waals surface area contributed by atoms with Gasteiger partial charge in [-0.2, -0.15) is 0 Å². The van der Waals surface area contributed by atoms with Crippen molar-refractivity contribution in [1.29, 1.82) is 0 Å². The van der Waals surface area contributed by atoms with E-state index in [1.54, 1.807) is 6.26 Å². The third kappa shape index (κ3) is 1.42. The van der Waals surface area contributed by atoms with Crippen LogP contribution >= 0.6 is 0 Å². The molecule has 3 rings (SSSR count). The first-order chi connectivity index (χ1) is 7.45. The molecule has 0 radical (unpaired) electrons. The highest BCUT2D eigenvalue weighted by Crippen LogP contribution is 2.30. The number of benzene rings is 1. The van der Waals surface area contributed by atoms with Crippen molar-refractivity contribution in [2.45, 2.75) is 12.6 Å². The molecule has 0 saturated carbocycles. The molecule has 0 fully saturated rings. The lowest BCUT2D eigenvalue weighted by molar-refractivity contribution is 0.180. The lowest BCUT2D eigenvalue weighted by Gasteiger charge is -2.28. The first-order valence-electron chi connectivity index (χ1n) is 5.28. The van der Waals surface area contributed by atoms with E-state index >= 15 is 0 Å². The molecule has 1 atom stereocenters. The summed E-state index contributed by atoms with van der Waals surface area (Å²) < 4.78 is 5.58. The summed E-state index contributed by atoms with van der Waals surface area (Å²) in [6, 6.07) is 8.54. The highest BCUT2D eigenvalue weighted by molar-refractivity contribution is 5.58. The van der Waals surface area contributed by atoms with Gasteiger partial charge in [-0.15, -0.1) is 0 Å². The standard InChI is InChI=1S/C13H13NO/c1-2-6-12-11(5-1)8-9-14(12)13-7-3-4-10-15-13/h1-7,10,13H,8-9H2.